The molecule has 108 valence electrons. The van der Waals surface area contributed by atoms with Gasteiger partial charge in [0, 0.05) is 38.6 Å². The number of nitrogens with zero attached hydrogens (tertiary/aromatic N) is 2. The van der Waals surface area contributed by atoms with Crippen molar-refractivity contribution in [2.24, 2.45) is 0 Å². The molecule has 0 aromatic carbocycles. The van der Waals surface area contributed by atoms with Crippen molar-refractivity contribution in [3.8, 4) is 0 Å². The fraction of sp³-hybridized carbons (Fsp3) is 0.600. The minimum atomic E-state index is 0.0892. The molecular weight excluding hydrogens is 254 g/mol. The van der Waals surface area contributed by atoms with Crippen molar-refractivity contribution in [1.82, 2.24) is 15.2 Å². The van der Waals surface area contributed by atoms with Crippen LogP contribution in [0.2, 0.25) is 0 Å². The second-order valence-corrected chi connectivity index (χ2v) is 5.43. The lowest BCUT2D eigenvalue weighted by Crippen LogP contribution is -2.49. The van der Waals surface area contributed by atoms with Gasteiger partial charge in [-0.25, -0.2) is 0 Å². The van der Waals surface area contributed by atoms with Gasteiger partial charge in [0.1, 0.15) is 0 Å². The van der Waals surface area contributed by atoms with E-state index in [0.29, 0.717) is 6.42 Å². The lowest BCUT2D eigenvalue weighted by Gasteiger charge is -2.37. The second kappa shape index (κ2) is 6.33. The number of ether oxygens (including phenoxy) is 1. The van der Waals surface area contributed by atoms with Gasteiger partial charge in [-0.1, -0.05) is 6.07 Å². The normalized spacial score (nSPS) is 26.7. The third-order valence-corrected chi connectivity index (χ3v) is 4.06. The van der Waals surface area contributed by atoms with Gasteiger partial charge < -0.3 is 15.0 Å². The third-order valence-electron chi connectivity index (χ3n) is 4.06. The van der Waals surface area contributed by atoms with E-state index in [-0.39, 0.29) is 18.1 Å². The van der Waals surface area contributed by atoms with Crippen molar-refractivity contribution in [1.29, 1.82) is 0 Å². The molecule has 0 saturated carbocycles. The Morgan fingerprint density at radius 1 is 1.55 bits per heavy atom. The van der Waals surface area contributed by atoms with E-state index in [4.69, 9.17) is 4.74 Å². The predicted molar refractivity (Wildman–Crippen MR) is 75.2 cm³/mol. The summed E-state index contributed by atoms with van der Waals surface area (Å²) in [6.07, 6.45) is 6.33. The number of nitrogens with one attached hydrogen (secondary N) is 1. The molecule has 2 aliphatic rings. The summed E-state index contributed by atoms with van der Waals surface area (Å²) in [6.45, 7) is 3.20. The van der Waals surface area contributed by atoms with E-state index in [2.05, 4.69) is 10.3 Å². The summed E-state index contributed by atoms with van der Waals surface area (Å²) in [5, 5.41) is 3.36. The van der Waals surface area contributed by atoms with E-state index >= 15 is 0 Å². The van der Waals surface area contributed by atoms with E-state index in [1.54, 1.807) is 6.20 Å². The van der Waals surface area contributed by atoms with Crippen LogP contribution in [0.25, 0.3) is 0 Å². The molecule has 0 aliphatic carbocycles. The maximum Gasteiger partial charge on any atom is 0.225 e. The second-order valence-electron chi connectivity index (χ2n) is 5.43. The van der Waals surface area contributed by atoms with Crippen LogP contribution in [-0.4, -0.2) is 48.1 Å². The average molecular weight is 275 g/mol. The zero-order valence-corrected chi connectivity index (χ0v) is 11.6. The molecule has 1 N–H and O–H groups in total. The Balaban J connectivity index is 1.70. The first-order chi connectivity index (χ1) is 9.84. The molecular formula is C15H21N3O2. The van der Waals surface area contributed by atoms with Gasteiger partial charge in [0.2, 0.25) is 5.91 Å². The Morgan fingerprint density at radius 2 is 2.50 bits per heavy atom. The minimum absolute atomic E-state index is 0.0892. The SMILES string of the molecule is O=C(CC1CCCO1)N1CCNCC1c1cccnc1. The Morgan fingerprint density at radius 3 is 3.25 bits per heavy atom. The molecule has 20 heavy (non-hydrogen) atoms. The van der Waals surface area contributed by atoms with Crippen LogP contribution < -0.4 is 5.32 Å². The minimum Gasteiger partial charge on any atom is -0.378 e. The standard InChI is InChI=1S/C15H21N3O2/c19-15(9-13-4-2-8-20-13)18-7-6-17-11-14(18)12-3-1-5-16-10-12/h1,3,5,10,13-14,17H,2,4,6-9,11H2. The molecule has 5 nitrogen and oxygen atoms in total. The van der Waals surface area contributed by atoms with Crippen molar-refractivity contribution in [2.45, 2.75) is 31.4 Å². The molecule has 0 radical (unpaired) electrons. The Kier molecular flexibility index (Phi) is 4.28. The Hall–Kier alpha value is -1.46. The number of piperazine rings is 1. The largest absolute Gasteiger partial charge is 0.378 e. The van der Waals surface area contributed by atoms with Crippen molar-refractivity contribution in [3.63, 3.8) is 0 Å². The summed E-state index contributed by atoms with van der Waals surface area (Å²) in [6, 6.07) is 4.05. The van der Waals surface area contributed by atoms with Crippen LogP contribution in [0.4, 0.5) is 0 Å². The summed E-state index contributed by atoms with van der Waals surface area (Å²) in [5.41, 5.74) is 1.10. The molecule has 2 aliphatic heterocycles. The van der Waals surface area contributed by atoms with Gasteiger partial charge in [0.05, 0.1) is 18.6 Å². The average Bonchev–Trinajstić information content (AvgIpc) is 3.01. The summed E-state index contributed by atoms with van der Waals surface area (Å²) in [4.78, 5) is 18.7. The van der Waals surface area contributed by atoms with Gasteiger partial charge in [-0.2, -0.15) is 0 Å². The van der Waals surface area contributed by atoms with Crippen LogP contribution in [-0.2, 0) is 9.53 Å². The van der Waals surface area contributed by atoms with Gasteiger partial charge in [0.25, 0.3) is 0 Å². The van der Waals surface area contributed by atoms with Crippen LogP contribution in [0.3, 0.4) is 0 Å². The van der Waals surface area contributed by atoms with E-state index in [1.165, 1.54) is 0 Å². The fourth-order valence-corrected chi connectivity index (χ4v) is 2.99. The number of pyridine rings is 1. The lowest BCUT2D eigenvalue weighted by molar-refractivity contribution is -0.136. The van der Waals surface area contributed by atoms with Gasteiger partial charge >= 0.3 is 0 Å². The summed E-state index contributed by atoms with van der Waals surface area (Å²) in [7, 11) is 0. The van der Waals surface area contributed by atoms with Gasteiger partial charge in [0.15, 0.2) is 0 Å². The fourth-order valence-electron chi connectivity index (χ4n) is 2.99. The predicted octanol–water partition coefficient (Wildman–Crippen LogP) is 1.12. The monoisotopic (exact) mass is 275 g/mol. The highest BCUT2D eigenvalue weighted by molar-refractivity contribution is 5.77. The van der Waals surface area contributed by atoms with Crippen molar-refractivity contribution < 1.29 is 9.53 Å². The quantitative estimate of drug-likeness (QED) is 0.898. The first kappa shape index (κ1) is 13.5. The highest BCUT2D eigenvalue weighted by Crippen LogP contribution is 2.24. The highest BCUT2D eigenvalue weighted by atomic mass is 16.5. The topological polar surface area (TPSA) is 54.5 Å². The number of hydrogen-bond acceptors (Lipinski definition) is 4. The van der Waals surface area contributed by atoms with Crippen LogP contribution in [0.15, 0.2) is 24.5 Å². The van der Waals surface area contributed by atoms with Crippen LogP contribution in [0.5, 0.6) is 0 Å². The van der Waals surface area contributed by atoms with E-state index in [1.807, 2.05) is 23.2 Å². The number of amides is 1. The van der Waals surface area contributed by atoms with E-state index in [0.717, 1.165) is 44.6 Å². The Labute approximate surface area is 119 Å². The van der Waals surface area contributed by atoms with Crippen LogP contribution in [0.1, 0.15) is 30.9 Å². The van der Waals surface area contributed by atoms with Crippen molar-refractivity contribution >= 4 is 5.91 Å². The number of carbonyl (C=O) groups excluding carboxylic acids is 1. The molecule has 3 rings (SSSR count). The molecule has 2 atom stereocenters. The molecule has 3 heterocycles. The molecule has 2 fully saturated rings. The van der Waals surface area contributed by atoms with E-state index in [9.17, 15) is 4.79 Å². The van der Waals surface area contributed by atoms with Crippen molar-refractivity contribution in [2.75, 3.05) is 26.2 Å². The first-order valence-electron chi connectivity index (χ1n) is 7.36. The molecule has 0 spiro atoms. The third kappa shape index (κ3) is 2.99. The van der Waals surface area contributed by atoms with Crippen molar-refractivity contribution in [3.05, 3.63) is 30.1 Å². The molecule has 2 unspecified atom stereocenters. The van der Waals surface area contributed by atoms with Gasteiger partial charge in [-0.05, 0) is 24.5 Å². The van der Waals surface area contributed by atoms with Crippen LogP contribution >= 0.6 is 0 Å². The molecule has 1 aromatic heterocycles. The molecule has 1 amide bonds. The first-order valence-corrected chi connectivity index (χ1v) is 7.36. The number of carbonyl (C=O) groups is 1. The van der Waals surface area contributed by atoms with E-state index < -0.39 is 0 Å². The van der Waals surface area contributed by atoms with Gasteiger partial charge in [-0.15, -0.1) is 0 Å². The lowest BCUT2D eigenvalue weighted by atomic mass is 10.0. The number of rotatable bonds is 3. The molecule has 0 bridgehead atoms. The summed E-state index contributed by atoms with van der Waals surface area (Å²) >= 11 is 0. The summed E-state index contributed by atoms with van der Waals surface area (Å²) in [5.74, 6) is 0.201. The van der Waals surface area contributed by atoms with Crippen LogP contribution in [0, 0.1) is 0 Å². The Bertz CT molecular complexity index is 446. The summed E-state index contributed by atoms with van der Waals surface area (Å²) < 4.78 is 5.58. The maximum absolute atomic E-state index is 12.5. The zero-order chi connectivity index (χ0) is 13.8. The maximum atomic E-state index is 12.5. The smallest absolute Gasteiger partial charge is 0.225 e. The number of aromatic nitrogens is 1. The molecule has 2 saturated heterocycles. The molecule has 1 aromatic rings. The molecule has 5 heteroatoms. The highest BCUT2D eigenvalue weighted by Gasteiger charge is 2.30. The zero-order valence-electron chi connectivity index (χ0n) is 11.6. The number of hydrogen-bond donors (Lipinski definition) is 1. The van der Waals surface area contributed by atoms with Gasteiger partial charge in [-0.3, -0.25) is 9.78 Å².